The fourth-order valence-corrected chi connectivity index (χ4v) is 0.888. The highest BCUT2D eigenvalue weighted by Crippen LogP contribution is 2.21. The van der Waals surface area contributed by atoms with Crippen LogP contribution in [0.1, 0.15) is 5.56 Å². The minimum absolute atomic E-state index is 0.341. The summed E-state index contributed by atoms with van der Waals surface area (Å²) < 4.78 is 12.7. The highest BCUT2D eigenvalue weighted by Gasteiger charge is 1.99. The summed E-state index contributed by atoms with van der Waals surface area (Å²) in [6.45, 7) is 6.78. The fourth-order valence-electron chi connectivity index (χ4n) is 0.888. The van der Waals surface area contributed by atoms with E-state index in [9.17, 15) is 4.39 Å². The van der Waals surface area contributed by atoms with Gasteiger partial charge in [0.1, 0.15) is 5.82 Å². The molecule has 3 heteroatoms. The number of allylic oxidation sites excluding steroid dienone is 1. The molecule has 2 nitrogen and oxygen atoms in total. The third-order valence-corrected chi connectivity index (χ3v) is 1.45. The lowest BCUT2D eigenvalue weighted by atomic mass is 10.1. The van der Waals surface area contributed by atoms with Gasteiger partial charge in [0.15, 0.2) is 5.69 Å². The number of rotatable bonds is 1. The minimum Gasteiger partial charge on any atom is -0.238 e. The second kappa shape index (κ2) is 4.04. The zero-order valence-electron chi connectivity index (χ0n) is 6.66. The van der Waals surface area contributed by atoms with Crippen LogP contribution in [0.2, 0.25) is 0 Å². The van der Waals surface area contributed by atoms with Gasteiger partial charge >= 0.3 is 0 Å². The Kier molecular flexibility index (Phi) is 2.78. The summed E-state index contributed by atoms with van der Waals surface area (Å²) in [5.41, 5.74) is 0.768. The molecular weight excluding hydrogens is 167 g/mol. The third kappa shape index (κ3) is 2.15. The number of nitrogens with zero attached hydrogens (tertiary/aromatic N) is 2. The van der Waals surface area contributed by atoms with Crippen molar-refractivity contribution in [2.75, 3.05) is 0 Å². The lowest BCUT2D eigenvalue weighted by Crippen LogP contribution is -1.76. The zero-order chi connectivity index (χ0) is 9.68. The Morgan fingerprint density at radius 1 is 1.54 bits per heavy atom. The van der Waals surface area contributed by atoms with Crippen molar-refractivity contribution < 1.29 is 4.39 Å². The third-order valence-electron chi connectivity index (χ3n) is 1.45. The van der Waals surface area contributed by atoms with Crippen LogP contribution in [0.25, 0.3) is 10.9 Å². The maximum absolute atomic E-state index is 12.7. The predicted octanol–water partition coefficient (Wildman–Crippen LogP) is 2.91. The van der Waals surface area contributed by atoms with Crippen molar-refractivity contribution in [2.24, 2.45) is 0 Å². The van der Waals surface area contributed by atoms with E-state index in [0.29, 0.717) is 11.3 Å². The Balaban J connectivity index is 3.19. The summed E-state index contributed by atoms with van der Waals surface area (Å²) in [7, 11) is 0. The van der Waals surface area contributed by atoms with Crippen LogP contribution >= 0.6 is 0 Å². The summed E-state index contributed by atoms with van der Waals surface area (Å²) >= 11 is 0. The first-order chi connectivity index (χ1) is 6.27. The SMILES string of the molecule is [C-]#[N+]c1ccc(F)cc1C=CC#N. The van der Waals surface area contributed by atoms with Gasteiger partial charge in [-0.3, -0.25) is 0 Å². The smallest absolute Gasteiger partial charge is 0.194 e. The van der Waals surface area contributed by atoms with Gasteiger partial charge in [-0.2, -0.15) is 5.26 Å². The van der Waals surface area contributed by atoms with Crippen LogP contribution in [0.5, 0.6) is 0 Å². The quantitative estimate of drug-likeness (QED) is 0.472. The normalized spacial score (nSPS) is 9.46. The molecule has 0 N–H and O–H groups in total. The Hall–Kier alpha value is -2.13. The van der Waals surface area contributed by atoms with Crippen LogP contribution in [0.3, 0.4) is 0 Å². The van der Waals surface area contributed by atoms with E-state index in [1.807, 2.05) is 0 Å². The maximum Gasteiger partial charge on any atom is 0.194 e. The predicted molar refractivity (Wildman–Crippen MR) is 47.3 cm³/mol. The molecule has 0 amide bonds. The topological polar surface area (TPSA) is 28.1 Å². The van der Waals surface area contributed by atoms with Crippen LogP contribution in [0, 0.1) is 23.7 Å². The molecule has 0 unspecified atom stereocenters. The van der Waals surface area contributed by atoms with E-state index in [1.54, 1.807) is 6.07 Å². The molecule has 1 rings (SSSR count). The maximum atomic E-state index is 12.7. The molecule has 62 valence electrons. The number of halogens is 1. The molecule has 0 fully saturated rings. The van der Waals surface area contributed by atoms with Crippen molar-refractivity contribution in [1.29, 1.82) is 5.26 Å². The van der Waals surface area contributed by atoms with Gasteiger partial charge in [-0.05, 0) is 17.7 Å². The van der Waals surface area contributed by atoms with Crippen molar-refractivity contribution in [3.05, 3.63) is 47.1 Å². The van der Waals surface area contributed by atoms with Gasteiger partial charge in [0.25, 0.3) is 0 Å². The first kappa shape index (κ1) is 8.96. The van der Waals surface area contributed by atoms with Crippen LogP contribution in [0.4, 0.5) is 10.1 Å². The van der Waals surface area contributed by atoms with E-state index in [1.165, 1.54) is 30.4 Å². The molecule has 0 heterocycles. The molecule has 1 aromatic carbocycles. The standard InChI is InChI=1S/C10H5FN2/c1-13-10-5-4-9(11)7-8(10)3-2-6-12/h2-5,7H. The molecule has 0 aliphatic heterocycles. The average molecular weight is 172 g/mol. The summed E-state index contributed by atoms with van der Waals surface area (Å²) in [5.74, 6) is -0.412. The van der Waals surface area contributed by atoms with Gasteiger partial charge in [0.2, 0.25) is 0 Å². The van der Waals surface area contributed by atoms with E-state index < -0.39 is 5.82 Å². The molecular formula is C10H5FN2. The lowest BCUT2D eigenvalue weighted by molar-refractivity contribution is 0.628. The van der Waals surface area contributed by atoms with Crippen molar-refractivity contribution in [3.8, 4) is 6.07 Å². The van der Waals surface area contributed by atoms with E-state index in [-0.39, 0.29) is 0 Å². The number of hydrogen-bond donors (Lipinski definition) is 0. The fraction of sp³-hybridized carbons (Fsp3) is 0. The first-order valence-electron chi connectivity index (χ1n) is 3.51. The van der Waals surface area contributed by atoms with E-state index >= 15 is 0 Å². The van der Waals surface area contributed by atoms with Crippen LogP contribution in [0.15, 0.2) is 24.3 Å². The van der Waals surface area contributed by atoms with Crippen LogP contribution < -0.4 is 0 Å². The van der Waals surface area contributed by atoms with Crippen molar-refractivity contribution in [2.45, 2.75) is 0 Å². The largest absolute Gasteiger partial charge is 0.238 e. The summed E-state index contributed by atoms with van der Waals surface area (Å²) in [6, 6.07) is 5.61. The molecule has 13 heavy (non-hydrogen) atoms. The van der Waals surface area contributed by atoms with Gasteiger partial charge in [0, 0.05) is 6.08 Å². The molecule has 0 atom stereocenters. The summed E-state index contributed by atoms with van der Waals surface area (Å²) in [5, 5.41) is 8.25. The molecule has 0 aliphatic rings. The Bertz CT molecular complexity index is 422. The zero-order valence-corrected chi connectivity index (χ0v) is 6.66. The number of nitriles is 1. The minimum atomic E-state index is -0.412. The number of benzene rings is 1. The van der Waals surface area contributed by atoms with Crippen molar-refractivity contribution in [3.63, 3.8) is 0 Å². The second-order valence-corrected chi connectivity index (χ2v) is 2.28. The van der Waals surface area contributed by atoms with E-state index in [0.717, 1.165) is 0 Å². The van der Waals surface area contributed by atoms with Gasteiger partial charge in [-0.25, -0.2) is 9.24 Å². The molecule has 0 bridgehead atoms. The Labute approximate surface area is 75.4 Å². The van der Waals surface area contributed by atoms with Crippen molar-refractivity contribution >= 4 is 11.8 Å². The molecule has 0 saturated carbocycles. The Morgan fingerprint density at radius 3 is 2.92 bits per heavy atom. The Morgan fingerprint density at radius 2 is 2.31 bits per heavy atom. The van der Waals surface area contributed by atoms with E-state index in [2.05, 4.69) is 4.85 Å². The van der Waals surface area contributed by atoms with Crippen LogP contribution in [-0.4, -0.2) is 0 Å². The summed E-state index contributed by atoms with van der Waals surface area (Å²) in [6.07, 6.45) is 2.62. The van der Waals surface area contributed by atoms with Gasteiger partial charge in [-0.1, -0.05) is 12.1 Å². The second-order valence-electron chi connectivity index (χ2n) is 2.28. The highest BCUT2D eigenvalue weighted by atomic mass is 19.1. The van der Waals surface area contributed by atoms with Gasteiger partial charge < -0.3 is 0 Å². The van der Waals surface area contributed by atoms with Gasteiger partial charge in [-0.15, -0.1) is 0 Å². The van der Waals surface area contributed by atoms with E-state index in [4.69, 9.17) is 11.8 Å². The van der Waals surface area contributed by atoms with Crippen LogP contribution in [-0.2, 0) is 0 Å². The highest BCUT2D eigenvalue weighted by molar-refractivity contribution is 5.68. The molecule has 0 saturated heterocycles. The molecule has 0 radical (unpaired) electrons. The summed E-state index contributed by atoms with van der Waals surface area (Å²) in [4.78, 5) is 3.19. The van der Waals surface area contributed by atoms with Crippen molar-refractivity contribution in [1.82, 2.24) is 0 Å². The lowest BCUT2D eigenvalue weighted by Gasteiger charge is -1.96. The number of hydrogen-bond acceptors (Lipinski definition) is 1. The molecule has 0 spiro atoms. The first-order valence-corrected chi connectivity index (χ1v) is 3.51. The van der Waals surface area contributed by atoms with Gasteiger partial charge in [0.05, 0.1) is 12.6 Å². The molecule has 0 aromatic heterocycles. The monoisotopic (exact) mass is 172 g/mol. The molecule has 1 aromatic rings. The average Bonchev–Trinajstić information content (AvgIpc) is 2.15. The molecule has 0 aliphatic carbocycles.